The van der Waals surface area contributed by atoms with E-state index in [2.05, 4.69) is 20.6 Å². The van der Waals surface area contributed by atoms with E-state index in [9.17, 15) is 9.59 Å². The van der Waals surface area contributed by atoms with E-state index in [4.69, 9.17) is 4.74 Å². The number of hydrogen-bond acceptors (Lipinski definition) is 5. The highest BCUT2D eigenvalue weighted by molar-refractivity contribution is 7.14. The number of aromatic amines is 1. The van der Waals surface area contributed by atoms with Crippen molar-refractivity contribution in [2.24, 2.45) is 0 Å². The molecule has 0 radical (unpaired) electrons. The molecule has 0 fully saturated rings. The second kappa shape index (κ2) is 8.00. The third-order valence-corrected chi connectivity index (χ3v) is 5.38. The first-order valence-corrected chi connectivity index (χ1v) is 10.1. The van der Waals surface area contributed by atoms with Crippen LogP contribution in [0, 0.1) is 6.92 Å². The van der Waals surface area contributed by atoms with Crippen LogP contribution < -0.4 is 15.4 Å². The number of benzene rings is 2. The molecule has 0 saturated carbocycles. The number of thiazole rings is 1. The lowest BCUT2D eigenvalue weighted by Gasteiger charge is -2.05. The molecule has 0 spiro atoms. The summed E-state index contributed by atoms with van der Waals surface area (Å²) in [4.78, 5) is 31.8. The fraction of sp³-hybridized carbons (Fsp3) is 0.136. The summed E-state index contributed by atoms with van der Waals surface area (Å²) in [5.74, 6) is 0.286. The monoisotopic (exact) mass is 420 g/mol. The lowest BCUT2D eigenvalue weighted by molar-refractivity contribution is -0.114. The summed E-state index contributed by atoms with van der Waals surface area (Å²) < 4.78 is 5.35. The van der Waals surface area contributed by atoms with Crippen LogP contribution in [-0.2, 0) is 4.79 Å². The molecule has 8 heteroatoms. The molecule has 7 nitrogen and oxygen atoms in total. The molecular formula is C22H20N4O3S. The maximum absolute atomic E-state index is 12.6. The van der Waals surface area contributed by atoms with Gasteiger partial charge in [-0.3, -0.25) is 14.9 Å². The number of anilines is 2. The van der Waals surface area contributed by atoms with Gasteiger partial charge in [-0.15, -0.1) is 11.3 Å². The number of H-pyrrole nitrogens is 1. The van der Waals surface area contributed by atoms with Crippen LogP contribution in [0.25, 0.3) is 22.2 Å². The third kappa shape index (κ3) is 3.90. The molecule has 0 bridgehead atoms. The average molecular weight is 420 g/mol. The Kier molecular flexibility index (Phi) is 5.24. The Hall–Kier alpha value is -3.65. The summed E-state index contributed by atoms with van der Waals surface area (Å²) in [5.41, 5.74) is 4.75. The topological polar surface area (TPSA) is 96.1 Å². The quantitative estimate of drug-likeness (QED) is 0.431. The molecular weight excluding hydrogens is 400 g/mol. The average Bonchev–Trinajstić information content (AvgIpc) is 3.29. The lowest BCUT2D eigenvalue weighted by atomic mass is 10.1. The Morgan fingerprint density at radius 2 is 1.97 bits per heavy atom. The van der Waals surface area contributed by atoms with Crippen molar-refractivity contribution in [3.63, 3.8) is 0 Å². The molecule has 0 saturated heterocycles. The van der Waals surface area contributed by atoms with Crippen molar-refractivity contribution in [1.29, 1.82) is 0 Å². The normalized spacial score (nSPS) is 10.8. The summed E-state index contributed by atoms with van der Waals surface area (Å²) in [6.07, 6.45) is 0. The van der Waals surface area contributed by atoms with E-state index in [1.165, 1.54) is 18.3 Å². The molecule has 2 amide bonds. The van der Waals surface area contributed by atoms with Crippen LogP contribution in [0.5, 0.6) is 5.75 Å². The van der Waals surface area contributed by atoms with Gasteiger partial charge >= 0.3 is 0 Å². The van der Waals surface area contributed by atoms with Gasteiger partial charge in [0, 0.05) is 45.7 Å². The van der Waals surface area contributed by atoms with Crippen LogP contribution in [0.4, 0.5) is 10.8 Å². The number of fused-ring (bicyclic) bond motifs is 1. The van der Waals surface area contributed by atoms with Crippen LogP contribution in [-0.4, -0.2) is 28.9 Å². The van der Waals surface area contributed by atoms with Crippen LogP contribution in [0.15, 0.2) is 47.8 Å². The van der Waals surface area contributed by atoms with E-state index in [1.807, 2.05) is 30.5 Å². The molecule has 4 rings (SSSR count). The summed E-state index contributed by atoms with van der Waals surface area (Å²) in [5, 5.41) is 8.93. The smallest absolute Gasteiger partial charge is 0.257 e. The van der Waals surface area contributed by atoms with Crippen LogP contribution in [0.2, 0.25) is 0 Å². The Morgan fingerprint density at radius 1 is 1.13 bits per heavy atom. The number of aromatic nitrogens is 2. The Bertz CT molecular complexity index is 1260. The predicted molar refractivity (Wildman–Crippen MR) is 119 cm³/mol. The molecule has 2 aromatic heterocycles. The molecule has 4 aromatic rings. The molecule has 0 unspecified atom stereocenters. The van der Waals surface area contributed by atoms with E-state index < -0.39 is 0 Å². The Morgan fingerprint density at radius 3 is 2.73 bits per heavy atom. The zero-order chi connectivity index (χ0) is 21.3. The number of carbonyl (C=O) groups is 2. The van der Waals surface area contributed by atoms with E-state index in [-0.39, 0.29) is 11.8 Å². The van der Waals surface area contributed by atoms with Gasteiger partial charge in [-0.25, -0.2) is 4.98 Å². The maximum Gasteiger partial charge on any atom is 0.257 e. The number of methoxy groups -OCH3 is 1. The van der Waals surface area contributed by atoms with Crippen molar-refractivity contribution in [2.75, 3.05) is 17.7 Å². The highest BCUT2D eigenvalue weighted by Gasteiger charge is 2.16. The van der Waals surface area contributed by atoms with E-state index >= 15 is 0 Å². The zero-order valence-electron chi connectivity index (χ0n) is 16.7. The highest BCUT2D eigenvalue weighted by atomic mass is 32.1. The minimum Gasteiger partial charge on any atom is -0.497 e. The first-order chi connectivity index (χ1) is 14.4. The summed E-state index contributed by atoms with van der Waals surface area (Å²) in [7, 11) is 1.64. The molecule has 30 heavy (non-hydrogen) atoms. The van der Waals surface area contributed by atoms with Crippen LogP contribution in [0.3, 0.4) is 0 Å². The number of rotatable bonds is 5. The van der Waals surface area contributed by atoms with Crippen molar-refractivity contribution in [2.45, 2.75) is 13.8 Å². The van der Waals surface area contributed by atoms with Gasteiger partial charge in [-0.2, -0.15) is 0 Å². The van der Waals surface area contributed by atoms with Gasteiger partial charge in [0.25, 0.3) is 5.91 Å². The van der Waals surface area contributed by atoms with E-state index in [0.29, 0.717) is 16.4 Å². The number of aryl methyl sites for hydroxylation is 1. The number of hydrogen-bond donors (Lipinski definition) is 3. The van der Waals surface area contributed by atoms with Gasteiger partial charge in [-0.1, -0.05) is 6.07 Å². The first kappa shape index (κ1) is 19.7. The van der Waals surface area contributed by atoms with Crippen molar-refractivity contribution >= 4 is 44.9 Å². The van der Waals surface area contributed by atoms with Gasteiger partial charge < -0.3 is 15.0 Å². The second-order valence-corrected chi connectivity index (χ2v) is 7.65. The summed E-state index contributed by atoms with van der Waals surface area (Å²) in [6, 6.07) is 12.6. The molecule has 0 aliphatic carbocycles. The van der Waals surface area contributed by atoms with Gasteiger partial charge in [0.05, 0.1) is 12.8 Å². The highest BCUT2D eigenvalue weighted by Crippen LogP contribution is 2.35. The summed E-state index contributed by atoms with van der Waals surface area (Å²) in [6.45, 7) is 3.42. The SMILES string of the molecule is COc1ccc2[nH]c(C)c(-c3csc(NC(=O)c4cccc(NC(C)=O)c4)n3)c2c1. The fourth-order valence-corrected chi connectivity index (χ4v) is 4.02. The third-order valence-electron chi connectivity index (χ3n) is 4.62. The number of nitrogens with one attached hydrogen (secondary N) is 3. The van der Waals surface area contributed by atoms with Crippen molar-refractivity contribution in [3.05, 3.63) is 59.1 Å². The first-order valence-electron chi connectivity index (χ1n) is 9.26. The second-order valence-electron chi connectivity index (χ2n) is 6.79. The van der Waals surface area contributed by atoms with Crippen molar-refractivity contribution in [3.8, 4) is 17.0 Å². The van der Waals surface area contributed by atoms with E-state index in [0.717, 1.165) is 33.6 Å². The molecule has 0 aliphatic heterocycles. The number of nitrogens with zero attached hydrogens (tertiary/aromatic N) is 1. The van der Waals surface area contributed by atoms with Crippen molar-refractivity contribution in [1.82, 2.24) is 9.97 Å². The Labute approximate surface area is 177 Å². The molecule has 0 aliphatic rings. The molecule has 2 heterocycles. The zero-order valence-corrected chi connectivity index (χ0v) is 17.5. The number of amides is 2. The molecule has 3 N–H and O–H groups in total. The maximum atomic E-state index is 12.6. The minimum atomic E-state index is -0.291. The van der Waals surface area contributed by atoms with Crippen LogP contribution in [0.1, 0.15) is 23.0 Å². The largest absolute Gasteiger partial charge is 0.497 e. The van der Waals surface area contributed by atoms with Gasteiger partial charge in [0.1, 0.15) is 5.75 Å². The number of ether oxygens (including phenoxy) is 1. The standard InChI is InChI=1S/C22H20N4O3S/c1-12-20(17-10-16(29-3)7-8-18(17)23-12)19-11-30-22(25-19)26-21(28)14-5-4-6-15(9-14)24-13(2)27/h4-11,23H,1-3H3,(H,24,27)(H,25,26,28). The molecule has 152 valence electrons. The minimum absolute atomic E-state index is 0.192. The van der Waals surface area contributed by atoms with Gasteiger partial charge in [0.2, 0.25) is 5.91 Å². The lowest BCUT2D eigenvalue weighted by Crippen LogP contribution is -2.13. The fourth-order valence-electron chi connectivity index (χ4n) is 3.32. The van der Waals surface area contributed by atoms with Gasteiger partial charge in [0.15, 0.2) is 5.13 Å². The van der Waals surface area contributed by atoms with Gasteiger partial charge in [-0.05, 0) is 43.3 Å². The van der Waals surface area contributed by atoms with E-state index in [1.54, 1.807) is 31.4 Å². The Balaban J connectivity index is 1.59. The number of carbonyl (C=O) groups excluding carboxylic acids is 2. The predicted octanol–water partition coefficient (Wildman–Crippen LogP) is 4.82. The summed E-state index contributed by atoms with van der Waals surface area (Å²) >= 11 is 1.35. The van der Waals surface area contributed by atoms with Crippen LogP contribution >= 0.6 is 11.3 Å². The molecule has 2 aromatic carbocycles. The molecule has 0 atom stereocenters. The van der Waals surface area contributed by atoms with Crippen molar-refractivity contribution < 1.29 is 14.3 Å².